The molecule has 2 N–H and O–H groups in total. The molecule has 120 valence electrons. The molecule has 0 fully saturated rings. The third kappa shape index (κ3) is 3.48. The van der Waals surface area contributed by atoms with Gasteiger partial charge in [0.05, 0.1) is 22.5 Å². The van der Waals surface area contributed by atoms with E-state index < -0.39 is 15.4 Å². The van der Waals surface area contributed by atoms with Gasteiger partial charge in [0.15, 0.2) is 9.84 Å². The molecule has 7 heteroatoms. The summed E-state index contributed by atoms with van der Waals surface area (Å²) < 4.78 is 25.8. The molecule has 0 saturated heterocycles. The van der Waals surface area contributed by atoms with E-state index in [0.717, 1.165) is 0 Å². The van der Waals surface area contributed by atoms with Gasteiger partial charge in [-0.2, -0.15) is 5.10 Å². The molecule has 6 nitrogen and oxygen atoms in total. The second kappa shape index (κ2) is 6.10. The zero-order valence-corrected chi connectivity index (χ0v) is 13.8. The Morgan fingerprint density at radius 1 is 1.36 bits per heavy atom. The van der Waals surface area contributed by atoms with E-state index in [0.29, 0.717) is 11.3 Å². The van der Waals surface area contributed by atoms with Crippen LogP contribution in [-0.2, 0) is 22.5 Å². The average Bonchev–Trinajstić information content (AvgIpc) is 2.93. The third-order valence-electron chi connectivity index (χ3n) is 3.55. The van der Waals surface area contributed by atoms with Crippen molar-refractivity contribution < 1.29 is 13.5 Å². The average molecular weight is 323 g/mol. The fourth-order valence-electron chi connectivity index (χ4n) is 2.11. The first-order valence-corrected chi connectivity index (χ1v) is 8.68. The Balaban J connectivity index is 2.22. The number of rotatable bonds is 6. The van der Waals surface area contributed by atoms with Gasteiger partial charge in [0.1, 0.15) is 5.60 Å². The van der Waals surface area contributed by atoms with E-state index in [1.165, 1.54) is 0 Å². The highest BCUT2D eigenvalue weighted by Gasteiger charge is 2.25. The molecule has 0 amide bonds. The number of hydrogen-bond acceptors (Lipinski definition) is 5. The molecule has 0 bridgehead atoms. The van der Waals surface area contributed by atoms with Crippen LogP contribution in [0.4, 0.5) is 5.69 Å². The van der Waals surface area contributed by atoms with Crippen LogP contribution in [0, 0.1) is 0 Å². The van der Waals surface area contributed by atoms with E-state index in [4.69, 9.17) is 0 Å². The summed E-state index contributed by atoms with van der Waals surface area (Å²) in [6, 6.07) is 6.71. The van der Waals surface area contributed by atoms with Gasteiger partial charge in [0.25, 0.3) is 0 Å². The fraction of sp³-hybridized carbons (Fsp3) is 0.400. The van der Waals surface area contributed by atoms with E-state index in [1.807, 2.05) is 0 Å². The molecule has 2 rings (SSSR count). The molecule has 22 heavy (non-hydrogen) atoms. The van der Waals surface area contributed by atoms with Crippen molar-refractivity contribution in [3.63, 3.8) is 0 Å². The SMILES string of the molecule is CCS(=O)(=O)c1ccccc1NC[C@@](C)(O)c1cnn(C)c1. The number of aromatic nitrogens is 2. The molecule has 0 unspecified atom stereocenters. The van der Waals surface area contributed by atoms with Crippen molar-refractivity contribution in [1.82, 2.24) is 9.78 Å². The van der Waals surface area contributed by atoms with E-state index in [1.54, 1.807) is 62.2 Å². The van der Waals surface area contributed by atoms with E-state index >= 15 is 0 Å². The lowest BCUT2D eigenvalue weighted by molar-refractivity contribution is 0.0714. The van der Waals surface area contributed by atoms with Gasteiger partial charge < -0.3 is 10.4 Å². The van der Waals surface area contributed by atoms with Gasteiger partial charge in [-0.15, -0.1) is 0 Å². The zero-order valence-electron chi connectivity index (χ0n) is 12.9. The number of aliphatic hydroxyl groups is 1. The fourth-order valence-corrected chi connectivity index (χ4v) is 3.18. The highest BCUT2D eigenvalue weighted by atomic mass is 32.2. The second-order valence-electron chi connectivity index (χ2n) is 5.43. The van der Waals surface area contributed by atoms with Crippen molar-refractivity contribution >= 4 is 15.5 Å². The number of nitrogens with one attached hydrogen (secondary N) is 1. The third-order valence-corrected chi connectivity index (χ3v) is 5.34. The normalized spacial score (nSPS) is 14.5. The molecule has 0 aliphatic carbocycles. The van der Waals surface area contributed by atoms with Crippen LogP contribution in [0.5, 0.6) is 0 Å². The van der Waals surface area contributed by atoms with Crippen LogP contribution >= 0.6 is 0 Å². The summed E-state index contributed by atoms with van der Waals surface area (Å²) in [7, 11) is -1.54. The lowest BCUT2D eigenvalue weighted by Gasteiger charge is -2.23. The lowest BCUT2D eigenvalue weighted by atomic mass is 9.99. The van der Waals surface area contributed by atoms with Crippen molar-refractivity contribution in [1.29, 1.82) is 0 Å². The summed E-state index contributed by atoms with van der Waals surface area (Å²) >= 11 is 0. The lowest BCUT2D eigenvalue weighted by Crippen LogP contribution is -2.30. The van der Waals surface area contributed by atoms with Crippen LogP contribution in [0.2, 0.25) is 0 Å². The standard InChI is InChI=1S/C15H21N3O3S/c1-4-22(20,21)14-8-6-5-7-13(14)16-11-15(2,19)12-9-17-18(3)10-12/h5-10,16,19H,4,11H2,1-3H3/t15-/m1/s1. The van der Waals surface area contributed by atoms with Gasteiger partial charge in [-0.25, -0.2) is 8.42 Å². The van der Waals surface area contributed by atoms with Crippen LogP contribution in [0.15, 0.2) is 41.6 Å². The minimum absolute atomic E-state index is 0.0324. The summed E-state index contributed by atoms with van der Waals surface area (Å²) in [5, 5.41) is 17.6. The first kappa shape index (κ1) is 16.5. The molecule has 0 saturated carbocycles. The topological polar surface area (TPSA) is 84.2 Å². The molecule has 0 aliphatic rings. The number of anilines is 1. The van der Waals surface area contributed by atoms with Gasteiger partial charge >= 0.3 is 0 Å². The molecule has 0 radical (unpaired) electrons. The summed E-state index contributed by atoms with van der Waals surface area (Å²) in [6.07, 6.45) is 3.33. The molecule has 0 aliphatic heterocycles. The maximum absolute atomic E-state index is 12.1. The number of sulfone groups is 1. The number of nitrogens with zero attached hydrogens (tertiary/aromatic N) is 2. The molecule has 1 atom stereocenters. The molecule has 1 heterocycles. The van der Waals surface area contributed by atoms with Crippen LogP contribution in [-0.4, -0.2) is 35.6 Å². The van der Waals surface area contributed by atoms with Gasteiger partial charge in [0, 0.05) is 25.4 Å². The molecule has 0 spiro atoms. The smallest absolute Gasteiger partial charge is 0.180 e. The zero-order chi connectivity index (χ0) is 16.4. The van der Waals surface area contributed by atoms with Crippen LogP contribution in [0.25, 0.3) is 0 Å². The van der Waals surface area contributed by atoms with Gasteiger partial charge in [-0.05, 0) is 19.1 Å². The molecular formula is C15H21N3O3S. The largest absolute Gasteiger partial charge is 0.383 e. The van der Waals surface area contributed by atoms with Crippen LogP contribution < -0.4 is 5.32 Å². The number of hydrogen-bond donors (Lipinski definition) is 2. The van der Waals surface area contributed by atoms with E-state index in [2.05, 4.69) is 10.4 Å². The Labute approximate surface area is 130 Å². The molecule has 1 aromatic carbocycles. The summed E-state index contributed by atoms with van der Waals surface area (Å²) in [6.45, 7) is 3.45. The number of aryl methyl sites for hydroxylation is 1. The second-order valence-corrected chi connectivity index (χ2v) is 7.68. The minimum Gasteiger partial charge on any atom is -0.383 e. The quantitative estimate of drug-likeness (QED) is 0.842. The summed E-state index contributed by atoms with van der Waals surface area (Å²) in [4.78, 5) is 0.250. The Morgan fingerprint density at radius 3 is 2.64 bits per heavy atom. The van der Waals surface area contributed by atoms with Crippen molar-refractivity contribution in [3.05, 3.63) is 42.2 Å². The van der Waals surface area contributed by atoms with E-state index in [9.17, 15) is 13.5 Å². The first-order valence-electron chi connectivity index (χ1n) is 7.03. The van der Waals surface area contributed by atoms with Gasteiger partial charge in [-0.1, -0.05) is 19.1 Å². The Morgan fingerprint density at radius 2 is 2.05 bits per heavy atom. The van der Waals surface area contributed by atoms with Crippen molar-refractivity contribution in [2.24, 2.45) is 7.05 Å². The summed E-state index contributed by atoms with van der Waals surface area (Å²) in [5.74, 6) is 0.0324. The Hall–Kier alpha value is -1.86. The minimum atomic E-state index is -3.32. The monoisotopic (exact) mass is 323 g/mol. The summed E-state index contributed by atoms with van der Waals surface area (Å²) in [5.41, 5.74) is 0.00371. The van der Waals surface area contributed by atoms with Crippen LogP contribution in [0.1, 0.15) is 19.4 Å². The van der Waals surface area contributed by atoms with Crippen molar-refractivity contribution in [3.8, 4) is 0 Å². The van der Waals surface area contributed by atoms with Crippen LogP contribution in [0.3, 0.4) is 0 Å². The number of para-hydroxylation sites is 1. The maximum Gasteiger partial charge on any atom is 0.180 e. The molecule has 2 aromatic rings. The first-order chi connectivity index (χ1) is 10.3. The van der Waals surface area contributed by atoms with Gasteiger partial charge in [-0.3, -0.25) is 4.68 Å². The predicted octanol–water partition coefficient (Wildman–Crippen LogP) is 1.53. The predicted molar refractivity (Wildman–Crippen MR) is 85.4 cm³/mol. The maximum atomic E-state index is 12.1. The highest BCUT2D eigenvalue weighted by Crippen LogP contribution is 2.25. The van der Waals surface area contributed by atoms with Gasteiger partial charge in [0.2, 0.25) is 0 Å². The Bertz CT molecular complexity index is 751. The van der Waals surface area contributed by atoms with E-state index in [-0.39, 0.29) is 17.2 Å². The van der Waals surface area contributed by atoms with Crippen molar-refractivity contribution in [2.75, 3.05) is 17.6 Å². The molecule has 1 aromatic heterocycles. The Kier molecular flexibility index (Phi) is 4.58. The van der Waals surface area contributed by atoms with Crippen molar-refractivity contribution in [2.45, 2.75) is 24.3 Å². The molecular weight excluding hydrogens is 302 g/mol. The highest BCUT2D eigenvalue weighted by molar-refractivity contribution is 7.91. The number of benzene rings is 1.